The molecular weight excluding hydrogens is 565 g/mol. The largest absolute Gasteiger partial charge is 0.443 e. The van der Waals surface area contributed by atoms with Gasteiger partial charge in [-0.3, -0.25) is 9.67 Å². The molecule has 1 atom stereocenters. The number of benzene rings is 1. The Hall–Kier alpha value is -5.13. The van der Waals surface area contributed by atoms with E-state index in [0.29, 0.717) is 27.2 Å². The van der Waals surface area contributed by atoms with Crippen molar-refractivity contribution in [1.29, 1.82) is 0 Å². The molecule has 0 aliphatic rings. The fourth-order valence-corrected chi connectivity index (χ4v) is 4.43. The van der Waals surface area contributed by atoms with Gasteiger partial charge >= 0.3 is 12.2 Å². The lowest BCUT2D eigenvalue weighted by atomic mass is 10.0. The van der Waals surface area contributed by atoms with Crippen molar-refractivity contribution in [3.8, 4) is 22.3 Å². The summed E-state index contributed by atoms with van der Waals surface area (Å²) in [5, 5.41) is 8.77. The summed E-state index contributed by atoms with van der Waals surface area (Å²) >= 11 is 0. The minimum Gasteiger partial charge on any atom is -0.443 e. The maximum atomic E-state index is 16.0. The maximum Gasteiger partial charge on any atom is 0.427 e. The van der Waals surface area contributed by atoms with E-state index in [9.17, 15) is 9.59 Å². The number of hydrogen-bond donors (Lipinski definition) is 0. The highest BCUT2D eigenvalue weighted by Gasteiger charge is 2.35. The van der Waals surface area contributed by atoms with Gasteiger partial charge in [0.15, 0.2) is 5.65 Å². The molecule has 0 bridgehead atoms. The zero-order chi connectivity index (χ0) is 31.8. The molecule has 12 heteroatoms. The number of ether oxygens (including phenoxy) is 2. The minimum atomic E-state index is -0.986. The first-order valence-corrected chi connectivity index (χ1v) is 14.1. The van der Waals surface area contributed by atoms with Gasteiger partial charge in [-0.2, -0.15) is 10.1 Å². The average molecular weight is 600 g/mol. The molecule has 44 heavy (non-hydrogen) atoms. The van der Waals surface area contributed by atoms with E-state index in [1.807, 2.05) is 19.1 Å². The molecule has 0 saturated heterocycles. The first-order chi connectivity index (χ1) is 20.7. The van der Waals surface area contributed by atoms with Crippen LogP contribution in [0.1, 0.15) is 60.1 Å². The second-order valence-corrected chi connectivity index (χ2v) is 12.3. The number of hydrogen-bond acceptors (Lipinski definition) is 8. The Bertz CT molecular complexity index is 1790. The summed E-state index contributed by atoms with van der Waals surface area (Å²) in [4.78, 5) is 35.3. The van der Waals surface area contributed by atoms with Gasteiger partial charge in [-0.1, -0.05) is 24.3 Å². The number of carbonyl (C=O) groups excluding carboxylic acids is 2. The topological polar surface area (TPSA) is 117 Å². The minimum absolute atomic E-state index is 0.0887. The zero-order valence-electron chi connectivity index (χ0n) is 25.6. The number of anilines is 1. The monoisotopic (exact) mass is 599 g/mol. The first-order valence-electron chi connectivity index (χ1n) is 14.1. The second-order valence-electron chi connectivity index (χ2n) is 12.3. The van der Waals surface area contributed by atoms with E-state index in [1.165, 1.54) is 4.52 Å². The van der Waals surface area contributed by atoms with Gasteiger partial charge in [-0.05, 0) is 77.8 Å². The number of nitrogens with zero attached hydrogens (tertiary/aromatic N) is 7. The number of rotatable bonds is 5. The summed E-state index contributed by atoms with van der Waals surface area (Å²) in [5.74, 6) is -0.677. The second kappa shape index (κ2) is 11.5. The van der Waals surface area contributed by atoms with Crippen molar-refractivity contribution in [1.82, 2.24) is 29.4 Å². The Labute approximate surface area is 254 Å². The van der Waals surface area contributed by atoms with Crippen molar-refractivity contribution in [2.24, 2.45) is 0 Å². The van der Waals surface area contributed by atoms with Crippen LogP contribution in [-0.2, 0) is 9.47 Å². The molecule has 4 aromatic heterocycles. The van der Waals surface area contributed by atoms with Crippen LogP contribution in [0.3, 0.4) is 0 Å². The molecule has 11 nitrogen and oxygen atoms in total. The lowest BCUT2D eigenvalue weighted by molar-refractivity contribution is 0.0427. The van der Waals surface area contributed by atoms with Crippen LogP contribution in [0.25, 0.3) is 27.9 Å². The summed E-state index contributed by atoms with van der Waals surface area (Å²) in [5.41, 5.74) is 1.34. The average Bonchev–Trinajstić information content (AvgIpc) is 3.58. The summed E-state index contributed by atoms with van der Waals surface area (Å²) in [6.45, 7) is 12.1. The van der Waals surface area contributed by atoms with Gasteiger partial charge in [0.1, 0.15) is 17.0 Å². The molecule has 0 fully saturated rings. The number of fused-ring (bicyclic) bond motifs is 1. The molecule has 2 amide bonds. The Morgan fingerprint density at radius 2 is 1.57 bits per heavy atom. The van der Waals surface area contributed by atoms with Gasteiger partial charge in [-0.25, -0.2) is 18.5 Å². The standard InChI is InChI=1S/C32H34FN7O4/c1-20(22-10-9-14-34-17-22)39-19-23(18-35-39)25-12-8-11-24(27(25)33)21-13-15-38-26(16-21)36-28(37-38)40(29(41)43-31(2,3)4)30(42)44-32(5,6)7/h8-20H,1-7H3/t20-/m1/s1. The molecular formula is C32H34FN7O4. The van der Waals surface area contributed by atoms with Gasteiger partial charge in [0, 0.05) is 41.5 Å². The van der Waals surface area contributed by atoms with E-state index < -0.39 is 29.2 Å². The third kappa shape index (κ3) is 6.59. The van der Waals surface area contributed by atoms with Gasteiger partial charge in [0.2, 0.25) is 0 Å². The SMILES string of the molecule is C[C@H](c1cccnc1)n1cc(-c2cccc(-c3ccn4nc(N(C(=O)OC(C)(C)C)C(=O)OC(C)(C)C)nc4c3)c2F)cn1. The molecule has 0 N–H and O–H groups in total. The fraction of sp³-hybridized carbons (Fsp3) is 0.312. The number of amides is 2. The Morgan fingerprint density at radius 3 is 2.18 bits per heavy atom. The van der Waals surface area contributed by atoms with Crippen LogP contribution in [0.2, 0.25) is 0 Å². The van der Waals surface area contributed by atoms with Crippen LogP contribution >= 0.6 is 0 Å². The predicted molar refractivity (Wildman–Crippen MR) is 163 cm³/mol. The molecule has 0 radical (unpaired) electrons. The highest BCUT2D eigenvalue weighted by atomic mass is 19.1. The van der Waals surface area contributed by atoms with E-state index in [2.05, 4.69) is 20.2 Å². The summed E-state index contributed by atoms with van der Waals surface area (Å²) in [6, 6.07) is 12.2. The van der Waals surface area contributed by atoms with Crippen LogP contribution < -0.4 is 4.90 Å². The Kier molecular flexibility index (Phi) is 7.94. The van der Waals surface area contributed by atoms with E-state index in [4.69, 9.17) is 9.47 Å². The summed E-state index contributed by atoms with van der Waals surface area (Å²) in [7, 11) is 0. The smallest absolute Gasteiger partial charge is 0.427 e. The number of imide groups is 1. The number of pyridine rings is 2. The van der Waals surface area contributed by atoms with Crippen molar-refractivity contribution in [2.45, 2.75) is 65.7 Å². The van der Waals surface area contributed by atoms with Gasteiger partial charge < -0.3 is 9.47 Å². The summed E-state index contributed by atoms with van der Waals surface area (Å²) < 4.78 is 30.0. The number of aromatic nitrogens is 6. The molecule has 1 aromatic carbocycles. The van der Waals surface area contributed by atoms with Crippen LogP contribution in [0.5, 0.6) is 0 Å². The number of halogens is 1. The lowest BCUT2D eigenvalue weighted by Crippen LogP contribution is -2.44. The quantitative estimate of drug-likeness (QED) is 0.210. The summed E-state index contributed by atoms with van der Waals surface area (Å²) in [6.07, 6.45) is 6.52. The molecule has 0 saturated carbocycles. The van der Waals surface area contributed by atoms with Crippen molar-refractivity contribution in [2.75, 3.05) is 4.90 Å². The van der Waals surface area contributed by atoms with E-state index >= 15 is 4.39 Å². The van der Waals surface area contributed by atoms with Crippen molar-refractivity contribution >= 4 is 23.8 Å². The highest BCUT2D eigenvalue weighted by molar-refractivity contribution is 6.08. The van der Waals surface area contributed by atoms with Crippen molar-refractivity contribution < 1.29 is 23.5 Å². The molecule has 5 rings (SSSR count). The van der Waals surface area contributed by atoms with Crippen molar-refractivity contribution in [3.63, 3.8) is 0 Å². The van der Waals surface area contributed by atoms with Gasteiger partial charge in [0.25, 0.3) is 5.95 Å². The normalized spacial score (nSPS) is 12.6. The zero-order valence-corrected chi connectivity index (χ0v) is 25.6. The number of carbonyl (C=O) groups is 2. The molecule has 0 spiro atoms. The van der Waals surface area contributed by atoms with Gasteiger partial charge in [0.05, 0.1) is 12.2 Å². The van der Waals surface area contributed by atoms with Crippen LogP contribution in [0.15, 0.2) is 73.4 Å². The molecule has 4 heterocycles. The van der Waals surface area contributed by atoms with Gasteiger partial charge in [-0.15, -0.1) is 10.00 Å². The third-order valence-corrected chi connectivity index (χ3v) is 6.46. The van der Waals surface area contributed by atoms with E-state index in [0.717, 1.165) is 5.56 Å². The van der Waals surface area contributed by atoms with Crippen LogP contribution in [0.4, 0.5) is 19.9 Å². The predicted octanol–water partition coefficient (Wildman–Crippen LogP) is 7.08. The Balaban J connectivity index is 1.48. The highest BCUT2D eigenvalue weighted by Crippen LogP contribution is 2.32. The maximum absolute atomic E-state index is 16.0. The van der Waals surface area contributed by atoms with E-state index in [-0.39, 0.29) is 17.6 Å². The molecule has 0 aliphatic carbocycles. The first kappa shape index (κ1) is 30.3. The van der Waals surface area contributed by atoms with Crippen LogP contribution in [0, 0.1) is 5.82 Å². The molecule has 5 aromatic rings. The lowest BCUT2D eigenvalue weighted by Gasteiger charge is -2.26. The molecule has 228 valence electrons. The van der Waals surface area contributed by atoms with Crippen molar-refractivity contribution in [3.05, 3.63) is 84.8 Å². The molecule has 0 aliphatic heterocycles. The van der Waals surface area contributed by atoms with E-state index in [1.54, 1.807) is 108 Å². The molecule has 0 unspecified atom stereocenters. The van der Waals surface area contributed by atoms with Crippen LogP contribution in [-0.4, -0.2) is 52.8 Å². The third-order valence-electron chi connectivity index (χ3n) is 6.46. The fourth-order valence-electron chi connectivity index (χ4n) is 4.43. The Morgan fingerprint density at radius 1 is 0.909 bits per heavy atom.